The van der Waals surface area contributed by atoms with Crippen LogP contribution in [0.4, 0.5) is 5.69 Å². The summed E-state index contributed by atoms with van der Waals surface area (Å²) in [7, 11) is 0. The minimum Gasteiger partial charge on any atom is -0.326 e. The maximum absolute atomic E-state index is 11.8. The Balaban J connectivity index is 2.33. The van der Waals surface area contributed by atoms with Gasteiger partial charge in [-0.05, 0) is 39.0 Å². The normalized spacial score (nSPS) is 11.0. The van der Waals surface area contributed by atoms with Crippen molar-refractivity contribution in [2.75, 3.05) is 5.32 Å². The first-order valence-corrected chi connectivity index (χ1v) is 6.42. The highest BCUT2D eigenvalue weighted by atomic mass is 16.2. The van der Waals surface area contributed by atoms with E-state index in [0.29, 0.717) is 11.2 Å². The number of hydrogen-bond donors (Lipinski definition) is 2. The number of carbonyl (C=O) groups excluding carboxylic acids is 2. The number of aromatic amines is 1. The number of ketones is 1. The van der Waals surface area contributed by atoms with E-state index in [4.69, 9.17) is 0 Å². The first-order chi connectivity index (χ1) is 9.38. The number of nitrogens with one attached hydrogen (secondary N) is 2. The van der Waals surface area contributed by atoms with E-state index >= 15 is 0 Å². The molecule has 0 bridgehead atoms. The minimum absolute atomic E-state index is 0.0504. The molecule has 106 valence electrons. The van der Waals surface area contributed by atoms with Gasteiger partial charge in [-0.25, -0.2) is 4.79 Å². The summed E-state index contributed by atoms with van der Waals surface area (Å²) in [5, 5.41) is 2.63. The molecule has 0 aliphatic carbocycles. The fourth-order valence-corrected chi connectivity index (χ4v) is 2.15. The lowest BCUT2D eigenvalue weighted by atomic mass is 10.2. The Labute approximate surface area is 115 Å². The van der Waals surface area contributed by atoms with E-state index < -0.39 is 0 Å². The molecule has 2 aromatic rings. The SMILES string of the molecule is CC(=O)CC(=O)Nc1ccc2c(c1)[nH]c(=O)n2C(C)C. The Morgan fingerprint density at radius 3 is 2.65 bits per heavy atom. The molecule has 6 nitrogen and oxygen atoms in total. The molecule has 0 saturated heterocycles. The van der Waals surface area contributed by atoms with Crippen LogP contribution in [0.2, 0.25) is 0 Å². The van der Waals surface area contributed by atoms with Gasteiger partial charge in [0.05, 0.1) is 17.5 Å². The number of carbonyl (C=O) groups is 2. The Bertz CT molecular complexity index is 725. The average Bonchev–Trinajstić information content (AvgIpc) is 2.62. The lowest BCUT2D eigenvalue weighted by Crippen LogP contribution is -2.18. The highest BCUT2D eigenvalue weighted by molar-refractivity contribution is 6.04. The molecule has 2 N–H and O–H groups in total. The van der Waals surface area contributed by atoms with Gasteiger partial charge in [0.2, 0.25) is 5.91 Å². The third kappa shape index (κ3) is 2.79. The van der Waals surface area contributed by atoms with Gasteiger partial charge in [0.15, 0.2) is 0 Å². The predicted molar refractivity (Wildman–Crippen MR) is 76.9 cm³/mol. The molecule has 2 rings (SSSR count). The van der Waals surface area contributed by atoms with Gasteiger partial charge in [-0.1, -0.05) is 0 Å². The van der Waals surface area contributed by atoms with Crippen molar-refractivity contribution in [2.24, 2.45) is 0 Å². The number of H-pyrrole nitrogens is 1. The predicted octanol–water partition coefficient (Wildman–Crippen LogP) is 1.83. The zero-order valence-corrected chi connectivity index (χ0v) is 11.7. The number of fused-ring (bicyclic) bond motifs is 1. The number of aromatic nitrogens is 2. The third-order valence-corrected chi connectivity index (χ3v) is 2.93. The third-order valence-electron chi connectivity index (χ3n) is 2.93. The first-order valence-electron chi connectivity index (χ1n) is 6.42. The van der Waals surface area contributed by atoms with Crippen LogP contribution in [-0.4, -0.2) is 21.2 Å². The number of hydrogen-bond acceptors (Lipinski definition) is 3. The van der Waals surface area contributed by atoms with Crippen molar-refractivity contribution in [2.45, 2.75) is 33.2 Å². The van der Waals surface area contributed by atoms with Gasteiger partial charge in [-0.15, -0.1) is 0 Å². The molecule has 0 fully saturated rings. The second-order valence-corrected chi connectivity index (χ2v) is 5.05. The van der Waals surface area contributed by atoms with Crippen LogP contribution in [0.15, 0.2) is 23.0 Å². The highest BCUT2D eigenvalue weighted by Crippen LogP contribution is 2.19. The maximum Gasteiger partial charge on any atom is 0.326 e. The largest absolute Gasteiger partial charge is 0.326 e. The van der Waals surface area contributed by atoms with Crippen molar-refractivity contribution in [3.05, 3.63) is 28.7 Å². The molecule has 20 heavy (non-hydrogen) atoms. The zero-order valence-electron chi connectivity index (χ0n) is 11.7. The summed E-state index contributed by atoms with van der Waals surface area (Å²) in [5.41, 5.74) is 1.82. The van der Waals surface area contributed by atoms with Gasteiger partial charge in [-0.2, -0.15) is 0 Å². The minimum atomic E-state index is -0.359. The molecule has 0 aliphatic heterocycles. The Kier molecular flexibility index (Phi) is 3.74. The van der Waals surface area contributed by atoms with Gasteiger partial charge in [0.1, 0.15) is 5.78 Å². The smallest absolute Gasteiger partial charge is 0.326 e. The summed E-state index contributed by atoms with van der Waals surface area (Å²) in [6.07, 6.45) is -0.151. The quantitative estimate of drug-likeness (QED) is 0.835. The van der Waals surface area contributed by atoms with E-state index in [9.17, 15) is 14.4 Å². The van der Waals surface area contributed by atoms with Gasteiger partial charge in [0, 0.05) is 11.7 Å². The van der Waals surface area contributed by atoms with Gasteiger partial charge in [-0.3, -0.25) is 14.2 Å². The molecule has 0 unspecified atom stereocenters. The molecule has 0 saturated carbocycles. The van der Waals surface area contributed by atoms with E-state index in [1.165, 1.54) is 6.92 Å². The lowest BCUT2D eigenvalue weighted by molar-refractivity contribution is -0.124. The molecule has 0 spiro atoms. The van der Waals surface area contributed by atoms with Crippen LogP contribution < -0.4 is 11.0 Å². The van der Waals surface area contributed by atoms with Crippen LogP contribution in [0.5, 0.6) is 0 Å². The number of rotatable bonds is 4. The topological polar surface area (TPSA) is 84.0 Å². The molecule has 1 aromatic carbocycles. The number of Topliss-reactive ketones (excluding diaryl/α,β-unsaturated/α-hetero) is 1. The second kappa shape index (κ2) is 5.32. The van der Waals surface area contributed by atoms with E-state index in [1.807, 2.05) is 13.8 Å². The standard InChI is InChI=1S/C14H17N3O3/c1-8(2)17-12-5-4-10(7-11(12)16-14(17)20)15-13(19)6-9(3)18/h4-5,7-8H,6H2,1-3H3,(H,15,19)(H,16,20). The zero-order chi connectivity index (χ0) is 14.9. The number of imidazole rings is 1. The molecule has 1 heterocycles. The molecule has 6 heteroatoms. The monoisotopic (exact) mass is 275 g/mol. The molecule has 0 radical (unpaired) electrons. The Hall–Kier alpha value is -2.37. The summed E-state index contributed by atoms with van der Waals surface area (Å²) in [5.74, 6) is -0.551. The van der Waals surface area contributed by atoms with E-state index in [0.717, 1.165) is 5.52 Å². The van der Waals surface area contributed by atoms with Gasteiger partial charge >= 0.3 is 5.69 Å². The summed E-state index contributed by atoms with van der Waals surface area (Å²) < 4.78 is 1.65. The summed E-state index contributed by atoms with van der Waals surface area (Å²) in [6, 6.07) is 5.23. The van der Waals surface area contributed by atoms with Crippen LogP contribution in [0.25, 0.3) is 11.0 Å². The lowest BCUT2D eigenvalue weighted by Gasteiger charge is -2.08. The van der Waals surface area contributed by atoms with Crippen molar-refractivity contribution in [3.8, 4) is 0 Å². The number of anilines is 1. The maximum atomic E-state index is 11.8. The van der Waals surface area contributed by atoms with Crippen molar-refractivity contribution >= 4 is 28.4 Å². The van der Waals surface area contributed by atoms with Crippen molar-refractivity contribution < 1.29 is 9.59 Å². The van der Waals surface area contributed by atoms with Gasteiger partial charge < -0.3 is 10.3 Å². The second-order valence-electron chi connectivity index (χ2n) is 5.05. The van der Waals surface area contributed by atoms with Crippen molar-refractivity contribution in [1.82, 2.24) is 9.55 Å². The first kappa shape index (κ1) is 14.0. The Morgan fingerprint density at radius 2 is 2.05 bits per heavy atom. The van der Waals surface area contributed by atoms with Crippen LogP contribution >= 0.6 is 0 Å². The molecule has 1 aromatic heterocycles. The average molecular weight is 275 g/mol. The summed E-state index contributed by atoms with van der Waals surface area (Å²) in [6.45, 7) is 5.22. The fraction of sp³-hybridized carbons (Fsp3) is 0.357. The van der Waals surface area contributed by atoms with Gasteiger partial charge in [0.25, 0.3) is 0 Å². The van der Waals surface area contributed by atoms with Crippen molar-refractivity contribution in [3.63, 3.8) is 0 Å². The summed E-state index contributed by atoms with van der Waals surface area (Å²) in [4.78, 5) is 37.0. The van der Waals surface area contributed by atoms with Crippen LogP contribution in [0, 0.1) is 0 Å². The van der Waals surface area contributed by atoms with E-state index in [-0.39, 0.29) is 29.8 Å². The fourth-order valence-electron chi connectivity index (χ4n) is 2.15. The molecule has 1 amide bonds. The van der Waals surface area contributed by atoms with E-state index in [2.05, 4.69) is 10.3 Å². The molecular formula is C14H17N3O3. The molecular weight excluding hydrogens is 258 g/mol. The van der Waals surface area contributed by atoms with Crippen LogP contribution in [-0.2, 0) is 9.59 Å². The molecule has 0 atom stereocenters. The number of amides is 1. The summed E-state index contributed by atoms with van der Waals surface area (Å²) >= 11 is 0. The van der Waals surface area contributed by atoms with Crippen LogP contribution in [0.3, 0.4) is 0 Å². The van der Waals surface area contributed by atoms with Crippen LogP contribution in [0.1, 0.15) is 33.2 Å². The molecule has 0 aliphatic rings. The highest BCUT2D eigenvalue weighted by Gasteiger charge is 2.11. The number of nitrogens with zero attached hydrogens (tertiary/aromatic N) is 1. The van der Waals surface area contributed by atoms with Crippen molar-refractivity contribution in [1.29, 1.82) is 0 Å². The number of benzene rings is 1. The van der Waals surface area contributed by atoms with E-state index in [1.54, 1.807) is 22.8 Å². The Morgan fingerprint density at radius 1 is 1.35 bits per heavy atom.